The fourth-order valence-electron chi connectivity index (χ4n) is 1.17. The molecule has 0 aromatic rings. The molecule has 0 amide bonds. The van der Waals surface area contributed by atoms with Gasteiger partial charge in [0.25, 0.3) is 0 Å². The normalized spacial score (nSPS) is 14.9. The van der Waals surface area contributed by atoms with Crippen LogP contribution in [0.5, 0.6) is 0 Å². The van der Waals surface area contributed by atoms with Crippen molar-refractivity contribution in [2.75, 3.05) is 0 Å². The number of thiol groups is 1. The Morgan fingerprint density at radius 2 is 1.53 bits per heavy atom. The molecule has 0 saturated carbocycles. The summed E-state index contributed by atoms with van der Waals surface area (Å²) in [5.74, 6) is 0. The van der Waals surface area contributed by atoms with Crippen molar-refractivity contribution in [1.29, 1.82) is 0 Å². The fourth-order valence-corrected chi connectivity index (χ4v) is 3.83. The minimum atomic E-state index is -3.07. The molecule has 3 nitrogen and oxygen atoms in total. The Morgan fingerprint density at radius 1 is 1.13 bits per heavy atom. The predicted molar refractivity (Wildman–Crippen MR) is 67.7 cm³/mol. The van der Waals surface area contributed by atoms with E-state index in [1.165, 1.54) is 0 Å². The van der Waals surface area contributed by atoms with E-state index in [0.29, 0.717) is 0 Å². The van der Waals surface area contributed by atoms with Gasteiger partial charge < -0.3 is 9.05 Å². The van der Waals surface area contributed by atoms with Crippen LogP contribution in [-0.2, 0) is 13.6 Å². The topological polar surface area (TPSA) is 35.5 Å². The summed E-state index contributed by atoms with van der Waals surface area (Å²) in [7, 11) is -3.07. The Morgan fingerprint density at radius 3 is 1.80 bits per heavy atom. The first-order valence-corrected chi connectivity index (χ1v) is 7.59. The van der Waals surface area contributed by atoms with E-state index in [2.05, 4.69) is 12.6 Å². The van der Waals surface area contributed by atoms with Crippen LogP contribution in [0, 0.1) is 0 Å². The minimum Gasteiger partial charge on any atom is -0.305 e. The molecule has 0 heterocycles. The maximum Gasteiger partial charge on any atom is 0.343 e. The van der Waals surface area contributed by atoms with Gasteiger partial charge in [-0.1, -0.05) is 13.3 Å². The highest BCUT2D eigenvalue weighted by molar-refractivity contribution is 7.89. The van der Waals surface area contributed by atoms with Gasteiger partial charge in [0.2, 0.25) is 0 Å². The minimum absolute atomic E-state index is 0.110. The zero-order valence-electron chi connectivity index (χ0n) is 10.3. The van der Waals surface area contributed by atoms with E-state index in [0.717, 1.165) is 12.8 Å². The molecule has 5 heteroatoms. The average Bonchev–Trinajstić information content (AvgIpc) is 2.01. The standard InChI is InChI=1S/C10H23O3PS/c1-6-7-10(15)14(11,12-8(2)3)13-9(4)5/h8-10,15H,6-7H2,1-5H3/t10-/m0/s1. The highest BCUT2D eigenvalue weighted by Gasteiger charge is 2.34. The van der Waals surface area contributed by atoms with Crippen molar-refractivity contribution in [2.24, 2.45) is 0 Å². The summed E-state index contributed by atoms with van der Waals surface area (Å²) >= 11 is 4.33. The van der Waals surface area contributed by atoms with Gasteiger partial charge in [-0.15, -0.1) is 0 Å². The summed E-state index contributed by atoms with van der Waals surface area (Å²) in [5, 5.41) is 0. The molecule has 0 aliphatic rings. The number of hydrogen-bond donors (Lipinski definition) is 1. The van der Waals surface area contributed by atoms with Gasteiger partial charge >= 0.3 is 7.60 Å². The molecule has 92 valence electrons. The van der Waals surface area contributed by atoms with Gasteiger partial charge in [-0.05, 0) is 34.1 Å². The molecule has 0 aromatic heterocycles. The molecule has 0 bridgehead atoms. The summed E-state index contributed by atoms with van der Waals surface area (Å²) in [6.07, 6.45) is 1.43. The SMILES string of the molecule is CCC[C@H](S)P(=O)(OC(C)C)OC(C)C. The lowest BCUT2D eigenvalue weighted by molar-refractivity contribution is 0.140. The van der Waals surface area contributed by atoms with Crippen molar-refractivity contribution in [3.63, 3.8) is 0 Å². The highest BCUT2D eigenvalue weighted by atomic mass is 32.1. The number of hydrogen-bond acceptors (Lipinski definition) is 4. The van der Waals surface area contributed by atoms with Gasteiger partial charge in [0.05, 0.1) is 12.2 Å². The lowest BCUT2D eigenvalue weighted by atomic mass is 10.4. The molecule has 0 fully saturated rings. The van der Waals surface area contributed by atoms with Crippen molar-refractivity contribution in [3.8, 4) is 0 Å². The van der Waals surface area contributed by atoms with Crippen LogP contribution in [-0.4, -0.2) is 17.2 Å². The Kier molecular flexibility index (Phi) is 7.18. The maximum absolute atomic E-state index is 12.4. The zero-order valence-corrected chi connectivity index (χ0v) is 12.1. The van der Waals surface area contributed by atoms with Gasteiger partial charge in [0, 0.05) is 0 Å². The molecule has 15 heavy (non-hydrogen) atoms. The van der Waals surface area contributed by atoms with Gasteiger partial charge in [-0.3, -0.25) is 4.57 Å². The molecule has 0 aliphatic heterocycles. The molecular formula is C10H23O3PS. The van der Waals surface area contributed by atoms with Crippen LogP contribution in [0.3, 0.4) is 0 Å². The van der Waals surface area contributed by atoms with E-state index in [9.17, 15) is 4.57 Å². The first-order chi connectivity index (χ1) is 6.81. The van der Waals surface area contributed by atoms with Gasteiger partial charge in [-0.25, -0.2) is 0 Å². The monoisotopic (exact) mass is 254 g/mol. The van der Waals surface area contributed by atoms with Crippen molar-refractivity contribution < 1.29 is 13.6 Å². The Bertz CT molecular complexity index is 205. The first kappa shape index (κ1) is 15.5. The molecule has 0 aliphatic carbocycles. The molecule has 0 radical (unpaired) electrons. The van der Waals surface area contributed by atoms with E-state index < -0.39 is 7.60 Å². The van der Waals surface area contributed by atoms with Crippen molar-refractivity contribution in [2.45, 2.75) is 64.7 Å². The summed E-state index contributed by atoms with van der Waals surface area (Å²) in [5.41, 5.74) is 0. The van der Waals surface area contributed by atoms with E-state index >= 15 is 0 Å². The fraction of sp³-hybridized carbons (Fsp3) is 1.00. The zero-order chi connectivity index (χ0) is 12.1. The molecular weight excluding hydrogens is 231 g/mol. The summed E-state index contributed by atoms with van der Waals surface area (Å²) < 4.78 is 23.2. The van der Waals surface area contributed by atoms with E-state index in [1.807, 2.05) is 34.6 Å². The Hall–Kier alpha value is 0.500. The number of rotatable bonds is 7. The Balaban J connectivity index is 4.60. The van der Waals surface area contributed by atoms with Crippen LogP contribution < -0.4 is 0 Å². The molecule has 0 spiro atoms. The second-order valence-corrected chi connectivity index (χ2v) is 7.27. The molecule has 1 atom stereocenters. The second-order valence-electron chi connectivity index (χ2n) is 4.12. The molecule has 0 N–H and O–H groups in total. The van der Waals surface area contributed by atoms with Crippen LogP contribution in [0.15, 0.2) is 0 Å². The van der Waals surface area contributed by atoms with Gasteiger partial charge in [-0.2, -0.15) is 12.6 Å². The van der Waals surface area contributed by atoms with Crippen LogP contribution in [0.25, 0.3) is 0 Å². The Labute approximate surface area is 98.9 Å². The van der Waals surface area contributed by atoms with Gasteiger partial charge in [0.1, 0.15) is 4.99 Å². The van der Waals surface area contributed by atoms with Crippen LogP contribution in [0.1, 0.15) is 47.5 Å². The highest BCUT2D eigenvalue weighted by Crippen LogP contribution is 2.57. The summed E-state index contributed by atoms with van der Waals surface area (Å²) in [4.78, 5) is -0.327. The lowest BCUT2D eigenvalue weighted by Crippen LogP contribution is -2.14. The third kappa shape index (κ3) is 5.96. The summed E-state index contributed by atoms with van der Waals surface area (Å²) in [6, 6.07) is 0. The third-order valence-corrected chi connectivity index (χ3v) is 5.15. The molecule has 0 aromatic carbocycles. The maximum atomic E-state index is 12.4. The van der Waals surface area contributed by atoms with E-state index in [1.54, 1.807) is 0 Å². The molecule has 0 rings (SSSR count). The van der Waals surface area contributed by atoms with E-state index in [-0.39, 0.29) is 17.2 Å². The average molecular weight is 254 g/mol. The summed E-state index contributed by atoms with van der Waals surface area (Å²) in [6.45, 7) is 9.43. The first-order valence-electron chi connectivity index (χ1n) is 5.46. The smallest absolute Gasteiger partial charge is 0.305 e. The van der Waals surface area contributed by atoms with Gasteiger partial charge in [0.15, 0.2) is 0 Å². The van der Waals surface area contributed by atoms with Crippen molar-refractivity contribution in [1.82, 2.24) is 0 Å². The van der Waals surface area contributed by atoms with Crippen molar-refractivity contribution in [3.05, 3.63) is 0 Å². The van der Waals surface area contributed by atoms with Crippen LogP contribution in [0.4, 0.5) is 0 Å². The largest absolute Gasteiger partial charge is 0.343 e. The third-order valence-electron chi connectivity index (χ3n) is 1.63. The van der Waals surface area contributed by atoms with Crippen LogP contribution >= 0.6 is 20.2 Å². The van der Waals surface area contributed by atoms with Crippen molar-refractivity contribution >= 4 is 20.2 Å². The molecule has 0 saturated heterocycles. The molecule has 0 unspecified atom stereocenters. The second kappa shape index (κ2) is 6.95. The van der Waals surface area contributed by atoms with Crippen LogP contribution in [0.2, 0.25) is 0 Å². The lowest BCUT2D eigenvalue weighted by Gasteiger charge is -2.26. The predicted octanol–water partition coefficient (Wildman–Crippen LogP) is 4.09. The quantitative estimate of drug-likeness (QED) is 0.549. The van der Waals surface area contributed by atoms with E-state index in [4.69, 9.17) is 9.05 Å².